The first kappa shape index (κ1) is 12.7. The quantitative estimate of drug-likeness (QED) is 0.768. The molecule has 0 amide bonds. The summed E-state index contributed by atoms with van der Waals surface area (Å²) in [5, 5.41) is 9.08. The summed E-state index contributed by atoms with van der Waals surface area (Å²) in [5.41, 5.74) is 7.09. The Morgan fingerprint density at radius 2 is 2.17 bits per heavy atom. The third-order valence-corrected chi connectivity index (χ3v) is 3.59. The maximum Gasteiger partial charge on any atom is 0.337 e. The van der Waals surface area contributed by atoms with Crippen LogP contribution in [0.1, 0.15) is 17.3 Å². The lowest BCUT2D eigenvalue weighted by Crippen LogP contribution is -2.50. The van der Waals surface area contributed by atoms with Crippen LogP contribution in [-0.4, -0.2) is 48.7 Å². The van der Waals surface area contributed by atoms with Crippen molar-refractivity contribution in [3.05, 3.63) is 23.8 Å². The largest absolute Gasteiger partial charge is 0.478 e. The van der Waals surface area contributed by atoms with Gasteiger partial charge < -0.3 is 20.6 Å². The van der Waals surface area contributed by atoms with Gasteiger partial charge in [0.15, 0.2) is 0 Å². The molecule has 98 valence electrons. The molecule has 1 saturated heterocycles. The molecule has 0 spiro atoms. The number of piperazine rings is 1. The zero-order chi connectivity index (χ0) is 13.3. The number of hydrogen-bond acceptors (Lipinski definition) is 4. The van der Waals surface area contributed by atoms with Crippen molar-refractivity contribution >= 4 is 17.3 Å². The Balaban J connectivity index is 2.24. The van der Waals surface area contributed by atoms with Crippen LogP contribution in [0, 0.1) is 0 Å². The first-order chi connectivity index (χ1) is 8.49. The molecule has 2 rings (SSSR count). The number of hydrogen-bond donors (Lipinski definition) is 2. The van der Waals surface area contributed by atoms with Gasteiger partial charge in [0.2, 0.25) is 0 Å². The first-order valence-electron chi connectivity index (χ1n) is 6.07. The Hall–Kier alpha value is -1.75. The lowest BCUT2D eigenvalue weighted by atomic mass is 10.1. The third kappa shape index (κ3) is 2.41. The lowest BCUT2D eigenvalue weighted by Gasteiger charge is -2.39. The van der Waals surface area contributed by atoms with E-state index in [1.54, 1.807) is 12.1 Å². The Labute approximate surface area is 107 Å². The molecule has 0 bridgehead atoms. The molecule has 1 aromatic carbocycles. The van der Waals surface area contributed by atoms with Crippen LogP contribution < -0.4 is 10.6 Å². The second-order valence-corrected chi connectivity index (χ2v) is 4.85. The van der Waals surface area contributed by atoms with E-state index in [1.165, 1.54) is 0 Å². The van der Waals surface area contributed by atoms with Crippen LogP contribution in [-0.2, 0) is 0 Å². The summed E-state index contributed by atoms with van der Waals surface area (Å²) in [6.45, 7) is 4.96. The molecule has 1 atom stereocenters. The number of aromatic carboxylic acids is 1. The number of nitrogens with zero attached hydrogens (tertiary/aromatic N) is 2. The molecule has 1 fully saturated rings. The predicted molar refractivity (Wildman–Crippen MR) is 72.1 cm³/mol. The standard InChI is InChI=1S/C13H19N3O2/c1-9-8-16(6-5-15(9)2)10-3-4-12(14)11(7-10)13(17)18/h3-4,7,9H,5-6,8,14H2,1-2H3,(H,17,18). The van der Waals surface area contributed by atoms with E-state index in [-0.39, 0.29) is 5.56 Å². The van der Waals surface area contributed by atoms with Crippen LogP contribution in [0.5, 0.6) is 0 Å². The highest BCUT2D eigenvalue weighted by atomic mass is 16.4. The second-order valence-electron chi connectivity index (χ2n) is 4.85. The van der Waals surface area contributed by atoms with Gasteiger partial charge >= 0.3 is 5.97 Å². The molecule has 0 aliphatic carbocycles. The van der Waals surface area contributed by atoms with Crippen molar-refractivity contribution in [3.8, 4) is 0 Å². The number of anilines is 2. The Morgan fingerprint density at radius 3 is 2.78 bits per heavy atom. The summed E-state index contributed by atoms with van der Waals surface area (Å²) >= 11 is 0. The molecule has 5 heteroatoms. The molecule has 0 aromatic heterocycles. The van der Waals surface area contributed by atoms with E-state index in [4.69, 9.17) is 10.8 Å². The molecule has 0 radical (unpaired) electrons. The summed E-state index contributed by atoms with van der Waals surface area (Å²) in [4.78, 5) is 15.6. The van der Waals surface area contributed by atoms with Crippen molar-refractivity contribution in [1.29, 1.82) is 0 Å². The van der Waals surface area contributed by atoms with Gasteiger partial charge in [0.25, 0.3) is 0 Å². The summed E-state index contributed by atoms with van der Waals surface area (Å²) in [7, 11) is 2.10. The molecule has 1 unspecified atom stereocenters. The highest BCUT2D eigenvalue weighted by Crippen LogP contribution is 2.23. The average Bonchev–Trinajstić information content (AvgIpc) is 2.33. The maximum atomic E-state index is 11.1. The second kappa shape index (κ2) is 4.86. The molecule has 0 saturated carbocycles. The van der Waals surface area contributed by atoms with Gasteiger partial charge in [-0.2, -0.15) is 0 Å². The summed E-state index contributed by atoms with van der Waals surface area (Å²) in [6, 6.07) is 5.68. The number of likely N-dealkylation sites (N-methyl/N-ethyl adjacent to an activating group) is 1. The summed E-state index contributed by atoms with van der Waals surface area (Å²) < 4.78 is 0. The van der Waals surface area contributed by atoms with Crippen LogP contribution in [0.2, 0.25) is 0 Å². The molecule has 1 aliphatic rings. The van der Waals surface area contributed by atoms with Gasteiger partial charge in [-0.15, -0.1) is 0 Å². The van der Waals surface area contributed by atoms with Gasteiger partial charge in [-0.25, -0.2) is 4.79 Å². The van der Waals surface area contributed by atoms with Crippen molar-refractivity contribution in [1.82, 2.24) is 4.90 Å². The fourth-order valence-corrected chi connectivity index (χ4v) is 2.21. The molecule has 5 nitrogen and oxygen atoms in total. The summed E-state index contributed by atoms with van der Waals surface area (Å²) in [5.74, 6) is -0.975. The minimum Gasteiger partial charge on any atom is -0.478 e. The van der Waals surface area contributed by atoms with Crippen molar-refractivity contribution < 1.29 is 9.90 Å². The Kier molecular flexibility index (Phi) is 3.43. The van der Waals surface area contributed by atoms with E-state index in [2.05, 4.69) is 23.8 Å². The van der Waals surface area contributed by atoms with Crippen LogP contribution in [0.4, 0.5) is 11.4 Å². The molecule has 1 aliphatic heterocycles. The molecule has 18 heavy (non-hydrogen) atoms. The fourth-order valence-electron chi connectivity index (χ4n) is 2.21. The zero-order valence-corrected chi connectivity index (χ0v) is 10.8. The van der Waals surface area contributed by atoms with Gasteiger partial charge in [0, 0.05) is 37.1 Å². The van der Waals surface area contributed by atoms with Gasteiger partial charge in [-0.1, -0.05) is 0 Å². The SMILES string of the molecule is CC1CN(c2ccc(N)c(C(=O)O)c2)CCN1C. The highest BCUT2D eigenvalue weighted by molar-refractivity contribution is 5.94. The minimum absolute atomic E-state index is 0.180. The van der Waals surface area contributed by atoms with Crippen molar-refractivity contribution in [2.24, 2.45) is 0 Å². The number of carbonyl (C=O) groups is 1. The zero-order valence-electron chi connectivity index (χ0n) is 10.8. The number of rotatable bonds is 2. The number of benzene rings is 1. The molecule has 1 aromatic rings. The monoisotopic (exact) mass is 249 g/mol. The predicted octanol–water partition coefficient (Wildman–Crippen LogP) is 1.11. The van der Waals surface area contributed by atoms with E-state index in [1.807, 2.05) is 6.07 Å². The van der Waals surface area contributed by atoms with E-state index in [0.717, 1.165) is 25.3 Å². The Morgan fingerprint density at radius 1 is 1.44 bits per heavy atom. The molecular formula is C13H19N3O2. The number of nitrogen functional groups attached to an aromatic ring is 1. The molecule has 3 N–H and O–H groups in total. The summed E-state index contributed by atoms with van der Waals surface area (Å²) in [6.07, 6.45) is 0. The van der Waals surface area contributed by atoms with Gasteiger partial charge in [0.1, 0.15) is 0 Å². The first-order valence-corrected chi connectivity index (χ1v) is 6.07. The Bertz CT molecular complexity index is 462. The number of carboxylic acid groups (broad SMARTS) is 1. The van der Waals surface area contributed by atoms with E-state index in [9.17, 15) is 4.79 Å². The average molecular weight is 249 g/mol. The van der Waals surface area contributed by atoms with Crippen LogP contribution >= 0.6 is 0 Å². The van der Waals surface area contributed by atoms with Crippen molar-refractivity contribution in [2.75, 3.05) is 37.3 Å². The van der Waals surface area contributed by atoms with E-state index < -0.39 is 5.97 Å². The number of nitrogens with two attached hydrogens (primary N) is 1. The van der Waals surface area contributed by atoms with Gasteiger partial charge in [0.05, 0.1) is 5.56 Å². The van der Waals surface area contributed by atoms with Crippen LogP contribution in [0.25, 0.3) is 0 Å². The van der Waals surface area contributed by atoms with Crippen molar-refractivity contribution in [2.45, 2.75) is 13.0 Å². The normalized spacial score (nSPS) is 21.0. The fraction of sp³-hybridized carbons (Fsp3) is 0.462. The van der Waals surface area contributed by atoms with Gasteiger partial charge in [-0.05, 0) is 32.2 Å². The molecule has 1 heterocycles. The third-order valence-electron chi connectivity index (χ3n) is 3.59. The maximum absolute atomic E-state index is 11.1. The smallest absolute Gasteiger partial charge is 0.337 e. The van der Waals surface area contributed by atoms with Crippen LogP contribution in [0.3, 0.4) is 0 Å². The minimum atomic E-state index is -0.975. The lowest BCUT2D eigenvalue weighted by molar-refractivity contribution is 0.0698. The van der Waals surface area contributed by atoms with E-state index >= 15 is 0 Å². The van der Waals surface area contributed by atoms with Gasteiger partial charge in [-0.3, -0.25) is 0 Å². The number of carboxylic acids is 1. The topological polar surface area (TPSA) is 69.8 Å². The van der Waals surface area contributed by atoms with Crippen LogP contribution in [0.15, 0.2) is 18.2 Å². The molecular weight excluding hydrogens is 230 g/mol. The van der Waals surface area contributed by atoms with Crippen molar-refractivity contribution in [3.63, 3.8) is 0 Å². The highest BCUT2D eigenvalue weighted by Gasteiger charge is 2.21. The van der Waals surface area contributed by atoms with E-state index in [0.29, 0.717) is 11.7 Å².